The maximum Gasteiger partial charge on any atom is 0.338 e. The standard InChI is InChI=1S/C25H21ClN2O5S/c1-4-32-24(31)21-14(2)27-25-28(22(21)16-9-11-18(12-10-16)33-15(3)29)23(30)20(34-25)13-17-7-5-6-8-19(17)26/h5-13,22H,4H2,1-3H3/b20-13-/t22-/m0/s1. The van der Waals surface area contributed by atoms with E-state index in [1.54, 1.807) is 50.3 Å². The second kappa shape index (κ2) is 9.79. The van der Waals surface area contributed by atoms with Gasteiger partial charge in [0, 0.05) is 11.9 Å². The van der Waals surface area contributed by atoms with Gasteiger partial charge in [-0.05, 0) is 49.2 Å². The van der Waals surface area contributed by atoms with Crippen molar-refractivity contribution in [2.75, 3.05) is 6.61 Å². The van der Waals surface area contributed by atoms with Crippen molar-refractivity contribution in [2.24, 2.45) is 4.99 Å². The average molecular weight is 497 g/mol. The first-order valence-corrected chi connectivity index (χ1v) is 11.7. The second-order valence-electron chi connectivity index (χ2n) is 7.49. The summed E-state index contributed by atoms with van der Waals surface area (Å²) in [5.74, 6) is -0.623. The van der Waals surface area contributed by atoms with Gasteiger partial charge in [0.15, 0.2) is 4.80 Å². The molecule has 3 aromatic rings. The van der Waals surface area contributed by atoms with Crippen LogP contribution >= 0.6 is 22.9 Å². The van der Waals surface area contributed by atoms with Crippen molar-refractivity contribution in [2.45, 2.75) is 26.8 Å². The molecule has 0 unspecified atom stereocenters. The number of carbonyl (C=O) groups excluding carboxylic acids is 2. The van der Waals surface area contributed by atoms with Crippen LogP contribution in [0.15, 0.2) is 69.6 Å². The molecule has 0 radical (unpaired) electrons. The number of thiazole rings is 1. The average Bonchev–Trinajstić information content (AvgIpc) is 3.09. The van der Waals surface area contributed by atoms with E-state index >= 15 is 0 Å². The van der Waals surface area contributed by atoms with Crippen LogP contribution in [0.3, 0.4) is 0 Å². The van der Waals surface area contributed by atoms with E-state index in [1.165, 1.54) is 22.8 Å². The smallest absolute Gasteiger partial charge is 0.338 e. The lowest BCUT2D eigenvalue weighted by atomic mass is 9.96. The zero-order chi connectivity index (χ0) is 24.4. The fourth-order valence-corrected chi connectivity index (χ4v) is 4.95. The molecule has 1 aliphatic rings. The number of hydrogen-bond donors (Lipinski definition) is 0. The molecule has 0 spiro atoms. The summed E-state index contributed by atoms with van der Waals surface area (Å²) in [4.78, 5) is 42.8. The van der Waals surface area contributed by atoms with Crippen molar-refractivity contribution in [3.63, 3.8) is 0 Å². The largest absolute Gasteiger partial charge is 0.463 e. The first kappa shape index (κ1) is 23.7. The highest BCUT2D eigenvalue weighted by molar-refractivity contribution is 7.07. The zero-order valence-corrected chi connectivity index (χ0v) is 20.3. The molecule has 1 aromatic heterocycles. The van der Waals surface area contributed by atoms with Gasteiger partial charge in [0.1, 0.15) is 5.75 Å². The van der Waals surface area contributed by atoms with E-state index in [4.69, 9.17) is 21.1 Å². The molecule has 4 rings (SSSR count). The molecule has 34 heavy (non-hydrogen) atoms. The van der Waals surface area contributed by atoms with Crippen LogP contribution in [0.4, 0.5) is 0 Å². The van der Waals surface area contributed by atoms with Crippen LogP contribution < -0.4 is 19.6 Å². The van der Waals surface area contributed by atoms with Crippen LogP contribution in [0, 0.1) is 0 Å². The van der Waals surface area contributed by atoms with Crippen LogP contribution in [0.1, 0.15) is 37.9 Å². The second-order valence-corrected chi connectivity index (χ2v) is 8.90. The van der Waals surface area contributed by atoms with Crippen LogP contribution in [-0.4, -0.2) is 23.1 Å². The van der Waals surface area contributed by atoms with Gasteiger partial charge in [-0.25, -0.2) is 9.79 Å². The van der Waals surface area contributed by atoms with Gasteiger partial charge in [0.25, 0.3) is 5.56 Å². The third-order valence-corrected chi connectivity index (χ3v) is 6.49. The highest BCUT2D eigenvalue weighted by Crippen LogP contribution is 2.31. The fraction of sp³-hybridized carbons (Fsp3) is 0.200. The van der Waals surface area contributed by atoms with Crippen molar-refractivity contribution in [1.29, 1.82) is 0 Å². The molecule has 0 saturated heterocycles. The molecule has 1 aliphatic heterocycles. The van der Waals surface area contributed by atoms with E-state index in [-0.39, 0.29) is 17.7 Å². The number of allylic oxidation sites excluding steroid dienone is 1. The molecule has 2 aromatic carbocycles. The number of benzene rings is 2. The number of esters is 2. The third kappa shape index (κ3) is 4.60. The summed E-state index contributed by atoms with van der Waals surface area (Å²) in [5, 5.41) is 0.523. The number of nitrogens with zero attached hydrogens (tertiary/aromatic N) is 2. The van der Waals surface area contributed by atoms with Crippen molar-refractivity contribution in [1.82, 2.24) is 4.57 Å². The predicted octanol–water partition coefficient (Wildman–Crippen LogP) is 3.38. The molecule has 9 heteroatoms. The number of ether oxygens (including phenoxy) is 2. The minimum absolute atomic E-state index is 0.185. The summed E-state index contributed by atoms with van der Waals surface area (Å²) in [6.07, 6.45) is 1.72. The first-order valence-electron chi connectivity index (χ1n) is 10.5. The molecule has 1 atom stereocenters. The Morgan fingerprint density at radius 3 is 2.53 bits per heavy atom. The summed E-state index contributed by atoms with van der Waals surface area (Å²) in [5.41, 5.74) is 1.81. The van der Waals surface area contributed by atoms with Gasteiger partial charge in [-0.15, -0.1) is 0 Å². The molecule has 0 bridgehead atoms. The summed E-state index contributed by atoms with van der Waals surface area (Å²) >= 11 is 7.51. The van der Waals surface area contributed by atoms with Gasteiger partial charge in [-0.1, -0.05) is 53.3 Å². The van der Waals surface area contributed by atoms with E-state index in [2.05, 4.69) is 4.99 Å². The Hall–Kier alpha value is -3.49. The molecule has 0 fully saturated rings. The summed E-state index contributed by atoms with van der Waals surface area (Å²) in [6.45, 7) is 4.94. The lowest BCUT2D eigenvalue weighted by Gasteiger charge is -2.24. The van der Waals surface area contributed by atoms with Crippen molar-refractivity contribution < 1.29 is 19.1 Å². The number of aromatic nitrogens is 1. The van der Waals surface area contributed by atoms with Gasteiger partial charge in [0.05, 0.1) is 28.5 Å². The number of rotatable bonds is 5. The minimum Gasteiger partial charge on any atom is -0.463 e. The molecule has 0 aliphatic carbocycles. The van der Waals surface area contributed by atoms with Crippen molar-refractivity contribution in [3.05, 3.63) is 95.6 Å². The molecule has 174 valence electrons. The lowest BCUT2D eigenvalue weighted by molar-refractivity contribution is -0.139. The Kier molecular flexibility index (Phi) is 6.81. The Labute approximate surface area is 204 Å². The first-order chi connectivity index (χ1) is 16.3. The highest BCUT2D eigenvalue weighted by Gasteiger charge is 2.33. The molecular weight excluding hydrogens is 476 g/mol. The summed E-state index contributed by atoms with van der Waals surface area (Å²) in [7, 11) is 0. The Bertz CT molecular complexity index is 1480. The Balaban J connectivity index is 1.92. The van der Waals surface area contributed by atoms with Crippen molar-refractivity contribution in [3.8, 4) is 5.75 Å². The minimum atomic E-state index is -0.755. The molecule has 7 nitrogen and oxygen atoms in total. The maximum absolute atomic E-state index is 13.6. The Morgan fingerprint density at radius 1 is 1.18 bits per heavy atom. The number of carbonyl (C=O) groups is 2. The molecule has 0 saturated carbocycles. The summed E-state index contributed by atoms with van der Waals surface area (Å²) < 4.78 is 12.3. The van der Waals surface area contributed by atoms with Gasteiger partial charge in [-0.3, -0.25) is 14.2 Å². The molecular formula is C25H21ClN2O5S. The number of halogens is 1. The van der Waals surface area contributed by atoms with E-state index in [0.717, 1.165) is 0 Å². The zero-order valence-electron chi connectivity index (χ0n) is 18.7. The monoisotopic (exact) mass is 496 g/mol. The van der Waals surface area contributed by atoms with E-state index in [1.807, 2.05) is 18.2 Å². The van der Waals surface area contributed by atoms with Gasteiger partial charge in [0.2, 0.25) is 0 Å². The van der Waals surface area contributed by atoms with Crippen LogP contribution in [0.25, 0.3) is 6.08 Å². The van der Waals surface area contributed by atoms with Crippen LogP contribution in [-0.2, 0) is 14.3 Å². The SMILES string of the molecule is CCOC(=O)C1=C(C)N=c2s/c(=C\c3ccccc3Cl)c(=O)n2[C@H]1c1ccc(OC(C)=O)cc1. The van der Waals surface area contributed by atoms with Crippen LogP contribution in [0.2, 0.25) is 5.02 Å². The normalized spacial score (nSPS) is 15.5. The molecule has 0 amide bonds. The van der Waals surface area contributed by atoms with Gasteiger partial charge < -0.3 is 9.47 Å². The third-order valence-electron chi connectivity index (χ3n) is 5.17. The topological polar surface area (TPSA) is 87.0 Å². The lowest BCUT2D eigenvalue weighted by Crippen LogP contribution is -2.39. The highest BCUT2D eigenvalue weighted by atomic mass is 35.5. The molecule has 0 N–H and O–H groups in total. The molecule has 2 heterocycles. The predicted molar refractivity (Wildman–Crippen MR) is 130 cm³/mol. The van der Waals surface area contributed by atoms with E-state index < -0.39 is 18.0 Å². The fourth-order valence-electron chi connectivity index (χ4n) is 3.72. The van der Waals surface area contributed by atoms with Gasteiger partial charge in [-0.2, -0.15) is 0 Å². The Morgan fingerprint density at radius 2 is 1.88 bits per heavy atom. The van der Waals surface area contributed by atoms with Crippen molar-refractivity contribution >= 4 is 41.0 Å². The van der Waals surface area contributed by atoms with E-state index in [9.17, 15) is 14.4 Å². The number of hydrogen-bond acceptors (Lipinski definition) is 7. The van der Waals surface area contributed by atoms with E-state index in [0.29, 0.717) is 36.9 Å². The summed E-state index contributed by atoms with van der Waals surface area (Å²) in [6, 6.07) is 13.1. The van der Waals surface area contributed by atoms with Gasteiger partial charge >= 0.3 is 11.9 Å². The van der Waals surface area contributed by atoms with Crippen LogP contribution in [0.5, 0.6) is 5.75 Å². The maximum atomic E-state index is 13.6. The quantitative estimate of drug-likeness (QED) is 0.399. The number of fused-ring (bicyclic) bond motifs is 1.